The number of hydrogen-bond donors (Lipinski definition) is 1. The first-order chi connectivity index (χ1) is 20.0. The highest BCUT2D eigenvalue weighted by molar-refractivity contribution is 5.82. The number of carbonyl (C=O) groups excluding carboxylic acids is 2. The molecule has 2 aromatic carbocycles. The highest BCUT2D eigenvalue weighted by Crippen LogP contribution is 2.45. The van der Waals surface area contributed by atoms with Crippen molar-refractivity contribution in [1.82, 2.24) is 10.2 Å². The van der Waals surface area contributed by atoms with Crippen LogP contribution in [0.3, 0.4) is 0 Å². The van der Waals surface area contributed by atoms with Crippen LogP contribution >= 0.6 is 0 Å². The molecule has 2 unspecified atom stereocenters. The van der Waals surface area contributed by atoms with E-state index < -0.39 is 23.5 Å². The summed E-state index contributed by atoms with van der Waals surface area (Å²) in [7, 11) is 0. The maximum absolute atomic E-state index is 13.6. The fourth-order valence-electron chi connectivity index (χ4n) is 5.91. The fraction of sp³-hybridized carbons (Fsp3) is 0.529. The van der Waals surface area contributed by atoms with Gasteiger partial charge in [0.05, 0.1) is 5.41 Å². The predicted octanol–water partition coefficient (Wildman–Crippen LogP) is 7.18. The molecule has 4 rings (SSSR count). The first-order valence-electron chi connectivity index (χ1n) is 15.1. The fourth-order valence-corrected chi connectivity index (χ4v) is 5.91. The van der Waals surface area contributed by atoms with Crippen molar-refractivity contribution in [3.63, 3.8) is 0 Å². The molecule has 8 heteroatoms. The molecular formula is C34H43F3N2O3. The van der Waals surface area contributed by atoms with E-state index in [1.165, 1.54) is 0 Å². The van der Waals surface area contributed by atoms with Crippen LogP contribution in [0.25, 0.3) is 6.08 Å². The van der Waals surface area contributed by atoms with Gasteiger partial charge >= 0.3 is 18.1 Å². The summed E-state index contributed by atoms with van der Waals surface area (Å²) in [5.41, 5.74) is 2.32. The van der Waals surface area contributed by atoms with Crippen LogP contribution in [0.5, 0.6) is 0 Å². The lowest BCUT2D eigenvalue weighted by Gasteiger charge is -2.35. The third-order valence-corrected chi connectivity index (χ3v) is 8.60. The summed E-state index contributed by atoms with van der Waals surface area (Å²) in [4.78, 5) is 26.4. The molecule has 2 atom stereocenters. The minimum Gasteiger partial charge on any atom is -0.460 e. The number of benzene rings is 2. The summed E-state index contributed by atoms with van der Waals surface area (Å²) in [5, 5.41) is 3.48. The van der Waals surface area contributed by atoms with Gasteiger partial charge in [0.2, 0.25) is 0 Å². The molecule has 2 fully saturated rings. The normalized spacial score (nSPS) is 22.9. The van der Waals surface area contributed by atoms with Gasteiger partial charge in [0.25, 0.3) is 0 Å². The summed E-state index contributed by atoms with van der Waals surface area (Å²) in [6, 6.07) is 19.1. The largest absolute Gasteiger partial charge is 0.471 e. The Kier molecular flexibility index (Phi) is 10.5. The predicted molar refractivity (Wildman–Crippen MR) is 158 cm³/mol. The van der Waals surface area contributed by atoms with E-state index in [4.69, 9.17) is 4.74 Å². The number of hydrogen-bond acceptors (Lipinski definition) is 4. The second-order valence-electron chi connectivity index (χ2n) is 12.4. The zero-order valence-corrected chi connectivity index (χ0v) is 24.8. The molecule has 1 amide bonds. The molecule has 0 bridgehead atoms. The Hall–Kier alpha value is -3.13. The van der Waals surface area contributed by atoms with Crippen LogP contribution in [-0.2, 0) is 20.9 Å². The van der Waals surface area contributed by atoms with Crippen LogP contribution in [0, 0.1) is 17.3 Å². The van der Waals surface area contributed by atoms with Crippen LogP contribution < -0.4 is 5.32 Å². The third-order valence-electron chi connectivity index (χ3n) is 8.60. The average Bonchev–Trinajstić information content (AvgIpc) is 3.77. The highest BCUT2D eigenvalue weighted by Gasteiger charge is 2.52. The lowest BCUT2D eigenvalue weighted by Crippen LogP contribution is -2.47. The highest BCUT2D eigenvalue weighted by atomic mass is 19.4. The van der Waals surface area contributed by atoms with Gasteiger partial charge in [-0.3, -0.25) is 9.59 Å². The van der Waals surface area contributed by atoms with Gasteiger partial charge in [0.1, 0.15) is 6.61 Å². The van der Waals surface area contributed by atoms with E-state index >= 15 is 0 Å². The van der Waals surface area contributed by atoms with Gasteiger partial charge in [-0.05, 0) is 69.4 Å². The number of halogens is 3. The molecule has 2 aromatic rings. The van der Waals surface area contributed by atoms with Crippen molar-refractivity contribution in [1.29, 1.82) is 0 Å². The molecule has 2 saturated carbocycles. The van der Waals surface area contributed by atoms with E-state index in [0.29, 0.717) is 13.0 Å². The molecular weight excluding hydrogens is 541 g/mol. The molecule has 42 heavy (non-hydrogen) atoms. The van der Waals surface area contributed by atoms with Crippen LogP contribution in [0.2, 0.25) is 0 Å². The molecule has 0 radical (unpaired) electrons. The average molecular weight is 585 g/mol. The summed E-state index contributed by atoms with van der Waals surface area (Å²) >= 11 is 0. The number of amides is 1. The molecule has 2 aliphatic carbocycles. The number of ether oxygens (including phenoxy) is 1. The second kappa shape index (κ2) is 13.9. The van der Waals surface area contributed by atoms with Gasteiger partial charge in [-0.1, -0.05) is 79.2 Å². The van der Waals surface area contributed by atoms with E-state index in [-0.39, 0.29) is 37.0 Å². The van der Waals surface area contributed by atoms with E-state index in [2.05, 4.69) is 11.4 Å². The Bertz CT molecular complexity index is 1210. The van der Waals surface area contributed by atoms with E-state index in [0.717, 1.165) is 53.7 Å². The molecule has 1 N–H and O–H groups in total. The minimum atomic E-state index is -4.89. The van der Waals surface area contributed by atoms with Gasteiger partial charge in [-0.15, -0.1) is 0 Å². The Morgan fingerprint density at radius 1 is 0.976 bits per heavy atom. The zero-order chi connectivity index (χ0) is 30.3. The maximum atomic E-state index is 13.6. The molecule has 0 heterocycles. The smallest absolute Gasteiger partial charge is 0.460 e. The lowest BCUT2D eigenvalue weighted by molar-refractivity contribution is -0.187. The molecule has 228 valence electrons. The standard InChI is InChI=1S/C34H43F3N2O3/c1-4-27(19-24-11-7-5-8-12-24)29-20-30(29)39(31(40)34(35,36)37)21-25-15-17-28(18-16-25)38-23-33(2,3)32(41)42-22-26-13-9-6-10-14-26/h5-14,19,25,28-30,38H,4,15-18,20-23H2,1-3H3/b27-19+/t25-,28-,29?,30?. The van der Waals surface area contributed by atoms with Gasteiger partial charge in [0.15, 0.2) is 0 Å². The summed E-state index contributed by atoms with van der Waals surface area (Å²) in [6.07, 6.45) is 1.51. The van der Waals surface area contributed by atoms with Gasteiger partial charge < -0.3 is 15.0 Å². The van der Waals surface area contributed by atoms with Crippen molar-refractivity contribution >= 4 is 18.0 Å². The van der Waals surface area contributed by atoms with Gasteiger partial charge in [-0.25, -0.2) is 0 Å². The van der Waals surface area contributed by atoms with E-state index in [1.807, 2.05) is 81.4 Å². The minimum absolute atomic E-state index is 0.0163. The second-order valence-corrected chi connectivity index (χ2v) is 12.4. The Labute approximate surface area is 247 Å². The topological polar surface area (TPSA) is 58.6 Å². The van der Waals surface area contributed by atoms with E-state index in [9.17, 15) is 22.8 Å². The summed E-state index contributed by atoms with van der Waals surface area (Å²) in [6.45, 7) is 6.52. The van der Waals surface area contributed by atoms with Crippen molar-refractivity contribution < 1.29 is 27.5 Å². The van der Waals surface area contributed by atoms with Crippen LogP contribution in [-0.4, -0.2) is 48.1 Å². The van der Waals surface area contributed by atoms with Gasteiger partial charge in [-0.2, -0.15) is 13.2 Å². The maximum Gasteiger partial charge on any atom is 0.471 e. The summed E-state index contributed by atoms with van der Waals surface area (Å²) < 4.78 is 46.4. The zero-order valence-electron chi connectivity index (χ0n) is 24.8. The number of rotatable bonds is 12. The van der Waals surface area contributed by atoms with Crippen LogP contribution in [0.4, 0.5) is 13.2 Å². The van der Waals surface area contributed by atoms with Crippen molar-refractivity contribution in [2.24, 2.45) is 17.3 Å². The van der Waals surface area contributed by atoms with Crippen molar-refractivity contribution in [3.05, 3.63) is 77.4 Å². The molecule has 2 aliphatic rings. The summed E-state index contributed by atoms with van der Waals surface area (Å²) in [5.74, 6) is -2.02. The molecule has 0 saturated heterocycles. The Balaban J connectivity index is 1.28. The molecule has 5 nitrogen and oxygen atoms in total. The number of esters is 1. The van der Waals surface area contributed by atoms with Crippen LogP contribution in [0.15, 0.2) is 66.2 Å². The van der Waals surface area contributed by atoms with Crippen molar-refractivity contribution in [2.75, 3.05) is 13.1 Å². The first kappa shape index (κ1) is 31.8. The van der Waals surface area contributed by atoms with Crippen molar-refractivity contribution in [3.8, 4) is 0 Å². The Morgan fingerprint density at radius 3 is 2.19 bits per heavy atom. The van der Waals surface area contributed by atoms with Gasteiger partial charge in [0, 0.05) is 31.1 Å². The quantitative estimate of drug-likeness (QED) is 0.269. The number of carbonyl (C=O) groups is 2. The van der Waals surface area contributed by atoms with Crippen molar-refractivity contribution in [2.45, 2.75) is 84.2 Å². The monoisotopic (exact) mass is 584 g/mol. The Morgan fingerprint density at radius 2 is 1.60 bits per heavy atom. The number of nitrogens with zero attached hydrogens (tertiary/aromatic N) is 1. The lowest BCUT2D eigenvalue weighted by atomic mass is 9.84. The molecule has 0 aromatic heterocycles. The SMILES string of the molecule is CC/C(=C\c1ccccc1)C1CC1N(C[C@H]1CC[C@H](NCC(C)(C)C(=O)OCc2ccccc2)CC1)C(=O)C(F)(F)F. The number of alkyl halides is 3. The van der Waals surface area contributed by atoms with E-state index in [1.54, 1.807) is 0 Å². The molecule has 0 spiro atoms. The third kappa shape index (κ3) is 8.69. The molecule has 0 aliphatic heterocycles. The number of nitrogens with one attached hydrogen (secondary N) is 1. The van der Waals surface area contributed by atoms with Crippen LogP contribution in [0.1, 0.15) is 70.4 Å². The first-order valence-corrected chi connectivity index (χ1v) is 15.1.